The summed E-state index contributed by atoms with van der Waals surface area (Å²) in [5.74, 6) is -0.401. The van der Waals surface area contributed by atoms with Crippen molar-refractivity contribution in [2.45, 2.75) is 4.90 Å². The molecule has 2 aromatic rings. The molecule has 10 heteroatoms. The van der Waals surface area contributed by atoms with Crippen LogP contribution in [0.25, 0.3) is 0 Å². The van der Waals surface area contributed by atoms with Gasteiger partial charge in [0.15, 0.2) is 15.5 Å². The van der Waals surface area contributed by atoms with Gasteiger partial charge in [0.05, 0.1) is 4.90 Å². The lowest BCUT2D eigenvalue weighted by Gasteiger charge is -2.10. The predicted octanol–water partition coefficient (Wildman–Crippen LogP) is 2.63. The summed E-state index contributed by atoms with van der Waals surface area (Å²) in [5.41, 5.74) is 0.522. The molecule has 0 saturated carbocycles. The van der Waals surface area contributed by atoms with Gasteiger partial charge in [0, 0.05) is 12.2 Å². The summed E-state index contributed by atoms with van der Waals surface area (Å²) >= 11 is 8.15. The van der Waals surface area contributed by atoms with E-state index in [0.29, 0.717) is 10.4 Å². The van der Waals surface area contributed by atoms with Crippen LogP contribution in [0.15, 0.2) is 63.0 Å². The van der Waals surface area contributed by atoms with E-state index in [4.69, 9.17) is 16.6 Å². The molecule has 2 rings (SSSR count). The first-order chi connectivity index (χ1) is 11.8. The zero-order valence-corrected chi connectivity index (χ0v) is 16.0. The SMILES string of the molecule is C=CCNS(=O)(=O)c1ccc(NC(=S)NC(=O)c2ccc(Br)o2)cc1. The highest BCUT2D eigenvalue weighted by molar-refractivity contribution is 9.10. The van der Waals surface area contributed by atoms with E-state index >= 15 is 0 Å². The maximum absolute atomic E-state index is 12.0. The highest BCUT2D eigenvalue weighted by Gasteiger charge is 2.14. The Morgan fingerprint density at radius 1 is 1.24 bits per heavy atom. The van der Waals surface area contributed by atoms with Crippen LogP contribution in [0.2, 0.25) is 0 Å². The molecule has 3 N–H and O–H groups in total. The van der Waals surface area contributed by atoms with Gasteiger partial charge in [-0.1, -0.05) is 6.08 Å². The van der Waals surface area contributed by atoms with Gasteiger partial charge in [-0.3, -0.25) is 10.1 Å². The molecule has 1 aromatic carbocycles. The summed E-state index contributed by atoms with van der Waals surface area (Å²) in [6.07, 6.45) is 1.45. The first-order valence-corrected chi connectivity index (χ1v) is 9.58. The third kappa shape index (κ3) is 5.49. The fraction of sp³-hybridized carbons (Fsp3) is 0.0667. The molecule has 0 fully saturated rings. The smallest absolute Gasteiger partial charge is 0.293 e. The van der Waals surface area contributed by atoms with Gasteiger partial charge in [-0.05, 0) is 64.5 Å². The summed E-state index contributed by atoms with van der Waals surface area (Å²) < 4.78 is 31.8. The maximum atomic E-state index is 12.0. The summed E-state index contributed by atoms with van der Waals surface area (Å²) in [7, 11) is -3.59. The first-order valence-electron chi connectivity index (χ1n) is 6.90. The minimum absolute atomic E-state index is 0.0536. The fourth-order valence-corrected chi connectivity index (χ4v) is 3.25. The Kier molecular flexibility index (Phi) is 6.48. The quantitative estimate of drug-likeness (QED) is 0.468. The molecular weight excluding hydrogens is 430 g/mol. The molecule has 0 aliphatic carbocycles. The molecule has 1 heterocycles. The highest BCUT2D eigenvalue weighted by atomic mass is 79.9. The van der Waals surface area contributed by atoms with Crippen LogP contribution in [0.5, 0.6) is 0 Å². The minimum atomic E-state index is -3.59. The van der Waals surface area contributed by atoms with Crippen LogP contribution < -0.4 is 15.4 Å². The van der Waals surface area contributed by atoms with Gasteiger partial charge in [-0.15, -0.1) is 6.58 Å². The molecule has 7 nitrogen and oxygen atoms in total. The third-order valence-electron chi connectivity index (χ3n) is 2.86. The van der Waals surface area contributed by atoms with Gasteiger partial charge < -0.3 is 9.73 Å². The topological polar surface area (TPSA) is 100 Å². The molecule has 0 bridgehead atoms. The zero-order chi connectivity index (χ0) is 18.4. The number of anilines is 1. The van der Waals surface area contributed by atoms with Crippen LogP contribution in [0.3, 0.4) is 0 Å². The number of carbonyl (C=O) groups is 1. The molecule has 0 atom stereocenters. The van der Waals surface area contributed by atoms with E-state index in [2.05, 4.69) is 37.9 Å². The number of nitrogens with one attached hydrogen (secondary N) is 3. The Morgan fingerprint density at radius 3 is 2.48 bits per heavy atom. The Morgan fingerprint density at radius 2 is 1.92 bits per heavy atom. The molecule has 0 aliphatic rings. The largest absolute Gasteiger partial charge is 0.444 e. The van der Waals surface area contributed by atoms with Crippen molar-refractivity contribution >= 4 is 54.9 Å². The normalized spacial score (nSPS) is 10.9. The number of thiocarbonyl (C=S) groups is 1. The number of hydrogen-bond acceptors (Lipinski definition) is 5. The fourth-order valence-electron chi connectivity index (χ4n) is 1.73. The second-order valence-corrected chi connectivity index (χ2v) is 7.63. The first kappa shape index (κ1) is 19.3. The van der Waals surface area contributed by atoms with Gasteiger partial charge in [-0.25, -0.2) is 13.1 Å². The number of halogens is 1. The third-order valence-corrected chi connectivity index (χ3v) is 4.93. The average molecular weight is 444 g/mol. The Bertz CT molecular complexity index is 892. The van der Waals surface area contributed by atoms with Crippen LogP contribution in [-0.4, -0.2) is 26.0 Å². The Labute approximate surface area is 158 Å². The lowest BCUT2D eigenvalue weighted by atomic mass is 10.3. The van der Waals surface area contributed by atoms with E-state index in [1.807, 2.05) is 0 Å². The van der Waals surface area contributed by atoms with Crippen molar-refractivity contribution < 1.29 is 17.6 Å². The number of benzene rings is 1. The summed E-state index contributed by atoms with van der Waals surface area (Å²) in [5, 5.41) is 5.30. The lowest BCUT2D eigenvalue weighted by Crippen LogP contribution is -2.33. The Balaban J connectivity index is 1.97. The zero-order valence-electron chi connectivity index (χ0n) is 12.8. The monoisotopic (exact) mass is 443 g/mol. The van der Waals surface area contributed by atoms with E-state index in [9.17, 15) is 13.2 Å². The number of amides is 1. The minimum Gasteiger partial charge on any atom is -0.444 e. The molecule has 132 valence electrons. The van der Waals surface area contributed by atoms with Gasteiger partial charge in [-0.2, -0.15) is 0 Å². The molecule has 0 aliphatic heterocycles. The molecule has 0 saturated heterocycles. The van der Waals surface area contributed by atoms with E-state index in [1.165, 1.54) is 36.4 Å². The molecule has 0 spiro atoms. The van der Waals surface area contributed by atoms with Crippen LogP contribution in [0.4, 0.5) is 5.69 Å². The summed E-state index contributed by atoms with van der Waals surface area (Å²) in [6, 6.07) is 8.99. The van der Waals surface area contributed by atoms with Crippen molar-refractivity contribution in [2.24, 2.45) is 0 Å². The van der Waals surface area contributed by atoms with E-state index in [0.717, 1.165) is 0 Å². The number of hydrogen-bond donors (Lipinski definition) is 3. The molecule has 1 aromatic heterocycles. The summed E-state index contributed by atoms with van der Waals surface area (Å²) in [6.45, 7) is 3.60. The van der Waals surface area contributed by atoms with Crippen LogP contribution in [0, 0.1) is 0 Å². The molecule has 25 heavy (non-hydrogen) atoms. The number of sulfonamides is 1. The van der Waals surface area contributed by atoms with E-state index < -0.39 is 15.9 Å². The number of rotatable bonds is 6. The van der Waals surface area contributed by atoms with E-state index in [1.54, 1.807) is 6.07 Å². The van der Waals surface area contributed by atoms with Crippen LogP contribution >= 0.6 is 28.1 Å². The van der Waals surface area contributed by atoms with E-state index in [-0.39, 0.29) is 22.3 Å². The lowest BCUT2D eigenvalue weighted by molar-refractivity contribution is 0.0949. The van der Waals surface area contributed by atoms with Crippen LogP contribution in [-0.2, 0) is 10.0 Å². The molecule has 0 radical (unpaired) electrons. The van der Waals surface area contributed by atoms with Crippen molar-refractivity contribution in [3.63, 3.8) is 0 Å². The average Bonchev–Trinajstić information content (AvgIpc) is 3.00. The number of furan rings is 1. The van der Waals surface area contributed by atoms with Gasteiger partial charge in [0.2, 0.25) is 10.0 Å². The Hall–Kier alpha value is -2.01. The van der Waals surface area contributed by atoms with Gasteiger partial charge in [0.25, 0.3) is 5.91 Å². The standard InChI is InChI=1S/C15H14BrN3O4S2/c1-2-9-17-25(21,22)11-5-3-10(4-6-11)18-15(24)19-14(20)12-7-8-13(16)23-12/h2-8,17H,1,9H2,(H2,18,19,20,24). The van der Waals surface area contributed by atoms with Gasteiger partial charge >= 0.3 is 0 Å². The van der Waals surface area contributed by atoms with Crippen LogP contribution in [0.1, 0.15) is 10.6 Å². The molecule has 1 amide bonds. The summed E-state index contributed by atoms with van der Waals surface area (Å²) in [4.78, 5) is 12.0. The predicted molar refractivity (Wildman–Crippen MR) is 102 cm³/mol. The van der Waals surface area contributed by atoms with Crippen molar-refractivity contribution in [1.82, 2.24) is 10.0 Å². The second-order valence-electron chi connectivity index (χ2n) is 4.68. The molecular formula is C15H14BrN3O4S2. The highest BCUT2D eigenvalue weighted by Crippen LogP contribution is 2.15. The van der Waals surface area contributed by atoms with Crippen molar-refractivity contribution in [1.29, 1.82) is 0 Å². The number of carbonyl (C=O) groups excluding carboxylic acids is 1. The second kappa shape index (κ2) is 8.39. The van der Waals surface area contributed by atoms with Crippen molar-refractivity contribution in [2.75, 3.05) is 11.9 Å². The van der Waals surface area contributed by atoms with Gasteiger partial charge in [0.1, 0.15) is 0 Å². The maximum Gasteiger partial charge on any atom is 0.293 e. The van der Waals surface area contributed by atoms with Crippen molar-refractivity contribution in [3.05, 3.63) is 59.5 Å². The molecule has 0 unspecified atom stereocenters. The van der Waals surface area contributed by atoms with Crippen molar-refractivity contribution in [3.8, 4) is 0 Å².